The Morgan fingerprint density at radius 3 is 2.85 bits per heavy atom. The molecule has 1 fully saturated rings. The van der Waals surface area contributed by atoms with Crippen LogP contribution in [0.1, 0.15) is 19.3 Å². The Kier molecular flexibility index (Phi) is 3.29. The Balaban J connectivity index is 1.93. The Morgan fingerprint density at radius 1 is 1.45 bits per heavy atom. The number of halogens is 1. The van der Waals surface area contributed by atoms with Gasteiger partial charge < -0.3 is 5.11 Å². The Morgan fingerprint density at radius 2 is 2.25 bits per heavy atom. The van der Waals surface area contributed by atoms with Gasteiger partial charge in [-0.15, -0.1) is 5.10 Å². The molecule has 1 aromatic heterocycles. The molecule has 0 spiro atoms. The number of aliphatic carboxylic acids is 1. The average Bonchev–Trinajstić information content (AvgIpc) is 2.81. The number of tetrazole rings is 1. The van der Waals surface area contributed by atoms with Crippen molar-refractivity contribution in [3.63, 3.8) is 0 Å². The number of benzene rings is 1. The Bertz CT molecular complexity index is 651. The first-order valence-corrected chi connectivity index (χ1v) is 7.16. The summed E-state index contributed by atoms with van der Waals surface area (Å²) in [5.74, 6) is -0.168. The average molecular weight is 337 g/mol. The van der Waals surface area contributed by atoms with Gasteiger partial charge in [-0.25, -0.2) is 4.68 Å². The Hall–Kier alpha value is -1.76. The van der Waals surface area contributed by atoms with E-state index < -0.39 is 11.4 Å². The number of carboxylic acid groups (broad SMARTS) is 1. The molecule has 6 nitrogen and oxygen atoms in total. The second kappa shape index (κ2) is 4.97. The van der Waals surface area contributed by atoms with Gasteiger partial charge in [0.15, 0.2) is 5.82 Å². The molecule has 7 heteroatoms. The second-order valence-electron chi connectivity index (χ2n) is 5.11. The third kappa shape index (κ3) is 2.22. The minimum atomic E-state index is -0.764. The molecule has 104 valence electrons. The molecule has 0 aliphatic heterocycles. The fourth-order valence-corrected chi connectivity index (χ4v) is 2.87. The summed E-state index contributed by atoms with van der Waals surface area (Å²) in [6.07, 6.45) is 2.31. The molecule has 0 unspecified atom stereocenters. The first-order valence-electron chi connectivity index (χ1n) is 6.36. The molecular formula is C13H13BrN4O2. The number of hydrogen-bond donors (Lipinski definition) is 1. The minimum absolute atomic E-state index is 0.317. The summed E-state index contributed by atoms with van der Waals surface area (Å²) < 4.78 is 2.52. The molecule has 20 heavy (non-hydrogen) atoms. The van der Waals surface area contributed by atoms with E-state index >= 15 is 0 Å². The molecule has 0 amide bonds. The van der Waals surface area contributed by atoms with E-state index in [2.05, 4.69) is 31.5 Å². The predicted molar refractivity (Wildman–Crippen MR) is 74.9 cm³/mol. The summed E-state index contributed by atoms with van der Waals surface area (Å²) in [4.78, 5) is 11.4. The number of carboxylic acids is 1. The van der Waals surface area contributed by atoms with Crippen LogP contribution in [0.5, 0.6) is 0 Å². The van der Waals surface area contributed by atoms with Crippen molar-refractivity contribution in [2.45, 2.75) is 25.8 Å². The first-order chi connectivity index (χ1) is 9.61. The maximum atomic E-state index is 11.4. The minimum Gasteiger partial charge on any atom is -0.481 e. The number of carbonyl (C=O) groups is 1. The smallest absolute Gasteiger partial charge is 0.311 e. The van der Waals surface area contributed by atoms with Crippen LogP contribution < -0.4 is 0 Å². The molecule has 2 aromatic rings. The first kappa shape index (κ1) is 13.2. The molecule has 1 saturated carbocycles. The van der Waals surface area contributed by atoms with Gasteiger partial charge in [0.05, 0.1) is 12.0 Å². The van der Waals surface area contributed by atoms with E-state index in [0.29, 0.717) is 25.2 Å². The second-order valence-corrected chi connectivity index (χ2v) is 6.03. The zero-order chi connectivity index (χ0) is 14.2. The number of aromatic nitrogens is 4. The van der Waals surface area contributed by atoms with Crippen LogP contribution in [0.15, 0.2) is 28.7 Å². The zero-order valence-corrected chi connectivity index (χ0v) is 12.2. The molecular weight excluding hydrogens is 324 g/mol. The third-order valence-corrected chi connectivity index (χ3v) is 4.32. The van der Waals surface area contributed by atoms with Crippen molar-refractivity contribution in [3.8, 4) is 11.4 Å². The molecule has 3 rings (SSSR count). The molecule has 0 atom stereocenters. The van der Waals surface area contributed by atoms with Gasteiger partial charge in [0.2, 0.25) is 0 Å². The highest BCUT2D eigenvalue weighted by atomic mass is 79.9. The third-order valence-electron chi connectivity index (χ3n) is 3.83. The van der Waals surface area contributed by atoms with Gasteiger partial charge in [0.1, 0.15) is 0 Å². The molecule has 1 aliphatic carbocycles. The van der Waals surface area contributed by atoms with E-state index in [1.54, 1.807) is 4.68 Å². The Labute approximate surface area is 123 Å². The van der Waals surface area contributed by atoms with Crippen LogP contribution in [0.3, 0.4) is 0 Å². The lowest BCUT2D eigenvalue weighted by atomic mass is 9.69. The fourth-order valence-electron chi connectivity index (χ4n) is 2.48. The summed E-state index contributed by atoms with van der Waals surface area (Å²) in [7, 11) is 0. The lowest BCUT2D eigenvalue weighted by Crippen LogP contribution is -2.42. The maximum absolute atomic E-state index is 11.4. The van der Waals surface area contributed by atoms with Crippen molar-refractivity contribution < 1.29 is 9.90 Å². The number of rotatable bonds is 4. The van der Waals surface area contributed by atoms with Crippen LogP contribution >= 0.6 is 15.9 Å². The van der Waals surface area contributed by atoms with Gasteiger partial charge >= 0.3 is 5.97 Å². The van der Waals surface area contributed by atoms with Crippen molar-refractivity contribution in [1.82, 2.24) is 20.2 Å². The van der Waals surface area contributed by atoms with Crippen LogP contribution in [0.4, 0.5) is 0 Å². The van der Waals surface area contributed by atoms with E-state index in [4.69, 9.17) is 0 Å². The zero-order valence-electron chi connectivity index (χ0n) is 10.7. The van der Waals surface area contributed by atoms with Gasteiger partial charge in [0, 0.05) is 10.0 Å². The predicted octanol–water partition coefficient (Wildman–Crippen LogP) is 2.36. The van der Waals surface area contributed by atoms with Gasteiger partial charge in [-0.3, -0.25) is 4.79 Å². The van der Waals surface area contributed by atoms with Gasteiger partial charge in [-0.1, -0.05) is 34.5 Å². The van der Waals surface area contributed by atoms with Crippen molar-refractivity contribution in [2.75, 3.05) is 0 Å². The van der Waals surface area contributed by atoms with Crippen molar-refractivity contribution in [2.24, 2.45) is 5.41 Å². The van der Waals surface area contributed by atoms with E-state index in [-0.39, 0.29) is 0 Å². The van der Waals surface area contributed by atoms with Crippen molar-refractivity contribution in [3.05, 3.63) is 28.7 Å². The van der Waals surface area contributed by atoms with Gasteiger partial charge in [-0.2, -0.15) is 0 Å². The van der Waals surface area contributed by atoms with Crippen LogP contribution in [0, 0.1) is 5.41 Å². The molecule has 1 aromatic carbocycles. The van der Waals surface area contributed by atoms with E-state index in [0.717, 1.165) is 16.5 Å². The highest BCUT2D eigenvalue weighted by Crippen LogP contribution is 2.43. The molecule has 0 radical (unpaired) electrons. The molecule has 0 saturated heterocycles. The summed E-state index contributed by atoms with van der Waals surface area (Å²) in [6, 6.07) is 7.63. The maximum Gasteiger partial charge on any atom is 0.311 e. The molecule has 1 heterocycles. The number of hydrogen-bond acceptors (Lipinski definition) is 4. The van der Waals surface area contributed by atoms with Gasteiger partial charge in [-0.05, 0) is 35.4 Å². The molecule has 0 bridgehead atoms. The largest absolute Gasteiger partial charge is 0.481 e. The topological polar surface area (TPSA) is 80.9 Å². The number of nitrogens with zero attached hydrogens (tertiary/aromatic N) is 4. The fraction of sp³-hybridized carbons (Fsp3) is 0.385. The summed E-state index contributed by atoms with van der Waals surface area (Å²) in [6.45, 7) is 0.317. The van der Waals surface area contributed by atoms with Crippen LogP contribution in [-0.2, 0) is 11.3 Å². The van der Waals surface area contributed by atoms with Crippen LogP contribution in [-0.4, -0.2) is 31.3 Å². The SMILES string of the molecule is O=C(O)C1(Cn2nnnc2-c2cccc(Br)c2)CCC1. The van der Waals surface area contributed by atoms with E-state index in [1.165, 1.54) is 0 Å². The summed E-state index contributed by atoms with van der Waals surface area (Å²) >= 11 is 3.41. The lowest BCUT2D eigenvalue weighted by Gasteiger charge is -2.37. The monoisotopic (exact) mass is 336 g/mol. The van der Waals surface area contributed by atoms with Crippen molar-refractivity contribution in [1.29, 1.82) is 0 Å². The standard InChI is InChI=1S/C13H13BrN4O2/c14-10-4-1-3-9(7-10)11-15-16-17-18(11)8-13(12(19)20)5-2-6-13/h1,3-4,7H,2,5-6,8H2,(H,19,20). The van der Waals surface area contributed by atoms with Crippen molar-refractivity contribution >= 4 is 21.9 Å². The van der Waals surface area contributed by atoms with Gasteiger partial charge in [0.25, 0.3) is 0 Å². The van der Waals surface area contributed by atoms with E-state index in [9.17, 15) is 9.90 Å². The van der Waals surface area contributed by atoms with E-state index in [1.807, 2.05) is 24.3 Å². The summed E-state index contributed by atoms with van der Waals surface area (Å²) in [5.41, 5.74) is 0.153. The highest BCUT2D eigenvalue weighted by molar-refractivity contribution is 9.10. The highest BCUT2D eigenvalue weighted by Gasteiger charge is 2.45. The molecule has 1 N–H and O–H groups in total. The van der Waals surface area contributed by atoms with Crippen LogP contribution in [0.2, 0.25) is 0 Å². The summed E-state index contributed by atoms with van der Waals surface area (Å²) in [5, 5.41) is 21.0. The quantitative estimate of drug-likeness (QED) is 0.926. The van der Waals surface area contributed by atoms with Crippen LogP contribution in [0.25, 0.3) is 11.4 Å². The molecule has 1 aliphatic rings. The normalized spacial score (nSPS) is 16.6. The lowest BCUT2D eigenvalue weighted by molar-refractivity contribution is -0.156.